The molecule has 6 nitrogen and oxygen atoms in total. The Kier molecular flexibility index (Phi) is 6.19. The van der Waals surface area contributed by atoms with Crippen molar-refractivity contribution in [3.63, 3.8) is 0 Å². The van der Waals surface area contributed by atoms with E-state index in [1.165, 1.54) is 18.4 Å². The van der Waals surface area contributed by atoms with Gasteiger partial charge in [0.25, 0.3) is 0 Å². The lowest BCUT2D eigenvalue weighted by atomic mass is 10.2. The van der Waals surface area contributed by atoms with Crippen LogP contribution < -0.4 is 5.32 Å². The number of aryl methyl sites for hydroxylation is 1. The summed E-state index contributed by atoms with van der Waals surface area (Å²) in [5, 5.41) is 11.6. The van der Waals surface area contributed by atoms with Crippen LogP contribution in [0.15, 0.2) is 55.0 Å². The minimum atomic E-state index is -0.0805. The van der Waals surface area contributed by atoms with E-state index in [-0.39, 0.29) is 12.3 Å². The zero-order chi connectivity index (χ0) is 18.2. The summed E-state index contributed by atoms with van der Waals surface area (Å²) in [5.41, 5.74) is 2.07. The highest BCUT2D eigenvalue weighted by molar-refractivity contribution is 5.91. The quantitative estimate of drug-likeness (QED) is 0.600. The molecule has 1 aromatic carbocycles. The van der Waals surface area contributed by atoms with Crippen LogP contribution in [0, 0.1) is 0 Å². The fraction of sp³-hybridized carbons (Fsp3) is 0.350. The smallest absolute Gasteiger partial charge is 0.230 e. The van der Waals surface area contributed by atoms with E-state index >= 15 is 0 Å². The molecule has 0 aliphatic carbocycles. The summed E-state index contributed by atoms with van der Waals surface area (Å²) < 4.78 is 3.73. The van der Waals surface area contributed by atoms with Gasteiger partial charge in [-0.2, -0.15) is 10.2 Å². The number of aromatic nitrogens is 4. The molecule has 0 aliphatic rings. The van der Waals surface area contributed by atoms with Crippen molar-refractivity contribution in [3.05, 3.63) is 66.1 Å². The molecule has 136 valence electrons. The minimum absolute atomic E-state index is 0.0805. The average molecular weight is 351 g/mol. The number of amides is 1. The van der Waals surface area contributed by atoms with Gasteiger partial charge in [-0.1, -0.05) is 50.1 Å². The summed E-state index contributed by atoms with van der Waals surface area (Å²) in [4.78, 5) is 12.2. The van der Waals surface area contributed by atoms with Crippen LogP contribution >= 0.6 is 0 Å². The van der Waals surface area contributed by atoms with Gasteiger partial charge in [0.1, 0.15) is 0 Å². The number of rotatable bonds is 9. The third-order valence-electron chi connectivity index (χ3n) is 4.14. The lowest BCUT2D eigenvalue weighted by molar-refractivity contribution is -0.115. The van der Waals surface area contributed by atoms with E-state index in [1.807, 2.05) is 46.0 Å². The standard InChI is InChI=1S/C20H25N5O/c1-2-3-7-11-24-12-10-19(23-24)22-20(26)13-18-14-21-25(16-18)15-17-8-5-4-6-9-17/h4-6,8-10,12,14,16H,2-3,7,11,13,15H2,1H3,(H,22,23,26). The highest BCUT2D eigenvalue weighted by Gasteiger charge is 2.08. The Balaban J connectivity index is 1.49. The number of benzene rings is 1. The van der Waals surface area contributed by atoms with Gasteiger partial charge in [-0.05, 0) is 17.5 Å². The summed E-state index contributed by atoms with van der Waals surface area (Å²) in [6, 6.07) is 12.0. The predicted octanol–water partition coefficient (Wildman–Crippen LogP) is 3.50. The molecule has 2 aromatic heterocycles. The van der Waals surface area contributed by atoms with Gasteiger partial charge >= 0.3 is 0 Å². The fourth-order valence-corrected chi connectivity index (χ4v) is 2.80. The van der Waals surface area contributed by atoms with Crippen LogP contribution in [0.1, 0.15) is 37.3 Å². The van der Waals surface area contributed by atoms with Crippen molar-refractivity contribution in [2.75, 3.05) is 5.32 Å². The maximum absolute atomic E-state index is 12.2. The maximum Gasteiger partial charge on any atom is 0.230 e. The first-order valence-corrected chi connectivity index (χ1v) is 9.11. The number of hydrogen-bond donors (Lipinski definition) is 1. The first-order chi connectivity index (χ1) is 12.7. The number of unbranched alkanes of at least 4 members (excludes halogenated alkanes) is 2. The summed E-state index contributed by atoms with van der Waals surface area (Å²) in [6.07, 6.45) is 9.33. The molecule has 0 spiro atoms. The zero-order valence-electron chi connectivity index (χ0n) is 15.1. The molecule has 0 saturated heterocycles. The first-order valence-electron chi connectivity index (χ1n) is 9.11. The van der Waals surface area contributed by atoms with Crippen LogP contribution in [0.2, 0.25) is 0 Å². The second kappa shape index (κ2) is 8.99. The van der Waals surface area contributed by atoms with Gasteiger partial charge in [0.2, 0.25) is 5.91 Å². The van der Waals surface area contributed by atoms with Crippen LogP contribution in [0.4, 0.5) is 5.82 Å². The number of hydrogen-bond acceptors (Lipinski definition) is 3. The van der Waals surface area contributed by atoms with Gasteiger partial charge in [0, 0.05) is 25.0 Å². The van der Waals surface area contributed by atoms with Crippen molar-refractivity contribution >= 4 is 11.7 Å². The van der Waals surface area contributed by atoms with E-state index in [2.05, 4.69) is 34.6 Å². The molecule has 0 bridgehead atoms. The molecule has 0 atom stereocenters. The number of carbonyl (C=O) groups is 1. The van der Waals surface area contributed by atoms with Crippen LogP contribution in [-0.4, -0.2) is 25.5 Å². The van der Waals surface area contributed by atoms with Crippen LogP contribution in [0.5, 0.6) is 0 Å². The molecule has 3 aromatic rings. The van der Waals surface area contributed by atoms with Gasteiger partial charge in [0.05, 0.1) is 19.2 Å². The molecular weight excluding hydrogens is 326 g/mol. The summed E-state index contributed by atoms with van der Waals surface area (Å²) in [6.45, 7) is 3.76. The second-order valence-electron chi connectivity index (χ2n) is 6.43. The molecule has 0 saturated carbocycles. The molecule has 1 N–H and O–H groups in total. The van der Waals surface area contributed by atoms with Crippen LogP contribution in [-0.2, 0) is 24.3 Å². The highest BCUT2D eigenvalue weighted by Crippen LogP contribution is 2.08. The maximum atomic E-state index is 12.2. The molecule has 0 unspecified atom stereocenters. The van der Waals surface area contributed by atoms with Crippen molar-refractivity contribution in [2.45, 2.75) is 45.7 Å². The van der Waals surface area contributed by atoms with Crippen molar-refractivity contribution < 1.29 is 4.79 Å². The van der Waals surface area contributed by atoms with Gasteiger partial charge in [-0.15, -0.1) is 0 Å². The van der Waals surface area contributed by atoms with Crippen LogP contribution in [0.25, 0.3) is 0 Å². The topological polar surface area (TPSA) is 64.7 Å². The van der Waals surface area contributed by atoms with Gasteiger partial charge in [0.15, 0.2) is 5.82 Å². The Morgan fingerprint density at radius 3 is 2.73 bits per heavy atom. The third kappa shape index (κ3) is 5.31. The molecule has 6 heteroatoms. The Labute approximate surface area is 153 Å². The minimum Gasteiger partial charge on any atom is -0.309 e. The van der Waals surface area contributed by atoms with E-state index in [9.17, 15) is 4.79 Å². The van der Waals surface area contributed by atoms with Crippen molar-refractivity contribution in [1.29, 1.82) is 0 Å². The number of carbonyl (C=O) groups excluding carboxylic acids is 1. The van der Waals surface area contributed by atoms with Crippen LogP contribution in [0.3, 0.4) is 0 Å². The molecule has 3 rings (SSSR count). The van der Waals surface area contributed by atoms with Crippen molar-refractivity contribution in [2.24, 2.45) is 0 Å². The summed E-state index contributed by atoms with van der Waals surface area (Å²) in [5.74, 6) is 0.520. The molecule has 0 aliphatic heterocycles. The summed E-state index contributed by atoms with van der Waals surface area (Å²) >= 11 is 0. The van der Waals surface area contributed by atoms with E-state index in [4.69, 9.17) is 0 Å². The van der Waals surface area contributed by atoms with Crippen molar-refractivity contribution in [1.82, 2.24) is 19.6 Å². The monoisotopic (exact) mass is 351 g/mol. The predicted molar refractivity (Wildman–Crippen MR) is 102 cm³/mol. The molecule has 0 radical (unpaired) electrons. The van der Waals surface area contributed by atoms with Gasteiger partial charge in [-0.25, -0.2) is 0 Å². The number of anilines is 1. The molecule has 1 amide bonds. The van der Waals surface area contributed by atoms with E-state index in [1.54, 1.807) is 6.20 Å². The average Bonchev–Trinajstić information content (AvgIpc) is 3.25. The van der Waals surface area contributed by atoms with Crippen molar-refractivity contribution in [3.8, 4) is 0 Å². The normalized spacial score (nSPS) is 10.8. The lowest BCUT2D eigenvalue weighted by Crippen LogP contribution is -2.15. The number of nitrogens with zero attached hydrogens (tertiary/aromatic N) is 4. The molecule has 2 heterocycles. The molecular formula is C20H25N5O. The van der Waals surface area contributed by atoms with E-state index < -0.39 is 0 Å². The largest absolute Gasteiger partial charge is 0.309 e. The van der Waals surface area contributed by atoms with E-state index in [0.717, 1.165) is 18.5 Å². The van der Waals surface area contributed by atoms with Gasteiger partial charge in [-0.3, -0.25) is 14.2 Å². The Morgan fingerprint density at radius 1 is 1.08 bits per heavy atom. The highest BCUT2D eigenvalue weighted by atomic mass is 16.1. The fourth-order valence-electron chi connectivity index (χ4n) is 2.80. The SMILES string of the molecule is CCCCCn1ccc(NC(=O)Cc2cnn(Cc3ccccc3)c2)n1. The Bertz CT molecular complexity index is 822. The Hall–Kier alpha value is -2.89. The number of nitrogens with one attached hydrogen (secondary N) is 1. The molecule has 26 heavy (non-hydrogen) atoms. The third-order valence-corrected chi connectivity index (χ3v) is 4.14. The summed E-state index contributed by atoms with van der Waals surface area (Å²) in [7, 11) is 0. The first kappa shape index (κ1) is 17.9. The lowest BCUT2D eigenvalue weighted by Gasteiger charge is -2.02. The second-order valence-corrected chi connectivity index (χ2v) is 6.43. The zero-order valence-corrected chi connectivity index (χ0v) is 15.1. The van der Waals surface area contributed by atoms with Gasteiger partial charge < -0.3 is 5.32 Å². The van der Waals surface area contributed by atoms with E-state index in [0.29, 0.717) is 12.4 Å². The molecule has 0 fully saturated rings. The Morgan fingerprint density at radius 2 is 1.92 bits per heavy atom.